The predicted octanol–water partition coefficient (Wildman–Crippen LogP) is 3.77. The summed E-state index contributed by atoms with van der Waals surface area (Å²) in [6, 6.07) is 11.2. The lowest BCUT2D eigenvalue weighted by Crippen LogP contribution is -2.11. The number of rotatable bonds is 8. The number of amides is 1. The standard InChI is InChI=1S/C20H19N3O5S/c1-3-18(26)21-15-9-6-13(10-17(15)27-2)16(25)11-29-20-23-22-19(28-20)12-4-7-14(24)8-5-12/h4-10,24H,3,11H2,1-2H3,(H,21,26). The molecule has 0 fully saturated rings. The van der Waals surface area contributed by atoms with E-state index in [0.717, 1.165) is 11.8 Å². The van der Waals surface area contributed by atoms with E-state index >= 15 is 0 Å². The Morgan fingerprint density at radius 3 is 2.62 bits per heavy atom. The van der Waals surface area contributed by atoms with Gasteiger partial charge in [-0.05, 0) is 42.5 Å². The zero-order chi connectivity index (χ0) is 20.8. The molecule has 150 valence electrons. The average molecular weight is 413 g/mol. The molecule has 0 atom stereocenters. The van der Waals surface area contributed by atoms with E-state index in [2.05, 4.69) is 15.5 Å². The number of benzene rings is 2. The number of phenolic OH excluding ortho intramolecular Hbond substituents is 1. The first-order chi connectivity index (χ1) is 14.0. The molecule has 2 N–H and O–H groups in total. The fraction of sp³-hybridized carbons (Fsp3) is 0.200. The van der Waals surface area contributed by atoms with Gasteiger partial charge < -0.3 is 19.6 Å². The fourth-order valence-electron chi connectivity index (χ4n) is 2.41. The Kier molecular flexibility index (Phi) is 6.50. The maximum absolute atomic E-state index is 12.5. The Morgan fingerprint density at radius 2 is 1.93 bits per heavy atom. The van der Waals surface area contributed by atoms with Crippen LogP contribution in [-0.4, -0.2) is 39.9 Å². The van der Waals surface area contributed by atoms with Crippen molar-refractivity contribution in [3.63, 3.8) is 0 Å². The SMILES string of the molecule is CCC(=O)Nc1ccc(C(=O)CSc2nnc(-c3ccc(O)cc3)o2)cc1OC. The van der Waals surface area contributed by atoms with Gasteiger partial charge in [0.15, 0.2) is 5.78 Å². The maximum Gasteiger partial charge on any atom is 0.277 e. The van der Waals surface area contributed by atoms with E-state index in [9.17, 15) is 14.7 Å². The molecule has 0 saturated heterocycles. The minimum Gasteiger partial charge on any atom is -0.508 e. The van der Waals surface area contributed by atoms with Crippen LogP contribution in [0.4, 0.5) is 5.69 Å². The first-order valence-electron chi connectivity index (χ1n) is 8.77. The number of phenols is 1. The predicted molar refractivity (Wildman–Crippen MR) is 108 cm³/mol. The number of aromatic hydroxyl groups is 1. The summed E-state index contributed by atoms with van der Waals surface area (Å²) in [7, 11) is 1.48. The number of nitrogens with zero attached hydrogens (tertiary/aromatic N) is 2. The number of hydrogen-bond donors (Lipinski definition) is 2. The molecule has 0 spiro atoms. The number of carbonyl (C=O) groups is 2. The average Bonchev–Trinajstić information content (AvgIpc) is 3.21. The third-order valence-corrected chi connectivity index (χ3v) is 4.78. The molecule has 0 bridgehead atoms. The van der Waals surface area contributed by atoms with Crippen LogP contribution in [0.2, 0.25) is 0 Å². The molecule has 3 aromatic rings. The summed E-state index contributed by atoms with van der Waals surface area (Å²) >= 11 is 1.12. The van der Waals surface area contributed by atoms with Crippen molar-refractivity contribution in [2.45, 2.75) is 18.6 Å². The van der Waals surface area contributed by atoms with Crippen molar-refractivity contribution in [2.75, 3.05) is 18.2 Å². The Hall–Kier alpha value is -3.33. The van der Waals surface area contributed by atoms with Crippen LogP contribution < -0.4 is 10.1 Å². The quantitative estimate of drug-likeness (QED) is 0.424. The van der Waals surface area contributed by atoms with E-state index in [-0.39, 0.29) is 28.4 Å². The van der Waals surface area contributed by atoms with Crippen LogP contribution in [0, 0.1) is 0 Å². The van der Waals surface area contributed by atoms with E-state index in [1.54, 1.807) is 37.3 Å². The molecule has 8 nitrogen and oxygen atoms in total. The zero-order valence-corrected chi connectivity index (χ0v) is 16.7. The van der Waals surface area contributed by atoms with Gasteiger partial charge in [-0.2, -0.15) is 0 Å². The number of Topliss-reactive ketones (excluding diaryl/α,β-unsaturated/α-hetero) is 1. The molecule has 0 aliphatic rings. The van der Waals surface area contributed by atoms with E-state index in [1.807, 2.05) is 0 Å². The van der Waals surface area contributed by atoms with Crippen molar-refractivity contribution in [1.82, 2.24) is 10.2 Å². The fourth-order valence-corrected chi connectivity index (χ4v) is 3.06. The van der Waals surface area contributed by atoms with Gasteiger partial charge in [0.1, 0.15) is 11.5 Å². The molecule has 0 unspecified atom stereocenters. The largest absolute Gasteiger partial charge is 0.508 e. The minimum atomic E-state index is -0.147. The molecule has 0 aliphatic carbocycles. The van der Waals surface area contributed by atoms with Crippen LogP contribution in [0.3, 0.4) is 0 Å². The smallest absolute Gasteiger partial charge is 0.277 e. The number of hydrogen-bond acceptors (Lipinski definition) is 8. The Labute approximate surface area is 171 Å². The molecule has 3 rings (SSSR count). The van der Waals surface area contributed by atoms with Crippen molar-refractivity contribution in [2.24, 2.45) is 0 Å². The summed E-state index contributed by atoms with van der Waals surface area (Å²) in [4.78, 5) is 24.1. The van der Waals surface area contributed by atoms with Crippen LogP contribution in [0.25, 0.3) is 11.5 Å². The second kappa shape index (κ2) is 9.24. The number of aromatic nitrogens is 2. The van der Waals surface area contributed by atoms with Gasteiger partial charge in [0.25, 0.3) is 5.22 Å². The van der Waals surface area contributed by atoms with Crippen molar-refractivity contribution >= 4 is 29.1 Å². The molecular weight excluding hydrogens is 394 g/mol. The van der Waals surface area contributed by atoms with E-state index < -0.39 is 0 Å². The second-order valence-corrected chi connectivity index (χ2v) is 6.88. The highest BCUT2D eigenvalue weighted by Gasteiger charge is 2.15. The van der Waals surface area contributed by atoms with Crippen molar-refractivity contribution in [1.29, 1.82) is 0 Å². The van der Waals surface area contributed by atoms with Gasteiger partial charge in [-0.15, -0.1) is 10.2 Å². The monoisotopic (exact) mass is 413 g/mol. The van der Waals surface area contributed by atoms with Crippen molar-refractivity contribution in [3.8, 4) is 23.0 Å². The van der Waals surface area contributed by atoms with Crippen LogP contribution in [0.15, 0.2) is 52.1 Å². The van der Waals surface area contributed by atoms with Crippen LogP contribution in [-0.2, 0) is 4.79 Å². The van der Waals surface area contributed by atoms with Gasteiger partial charge >= 0.3 is 0 Å². The summed E-state index contributed by atoms with van der Waals surface area (Å²) in [6.07, 6.45) is 0.344. The molecule has 1 amide bonds. The molecule has 1 aromatic heterocycles. The molecule has 9 heteroatoms. The number of thioether (sulfide) groups is 1. The van der Waals surface area contributed by atoms with Crippen LogP contribution in [0.5, 0.6) is 11.5 Å². The molecule has 0 aliphatic heterocycles. The second-order valence-electron chi connectivity index (χ2n) is 5.95. The van der Waals surface area contributed by atoms with E-state index in [1.165, 1.54) is 19.2 Å². The summed E-state index contributed by atoms with van der Waals surface area (Å²) in [6.45, 7) is 1.75. The van der Waals surface area contributed by atoms with Gasteiger partial charge in [0.2, 0.25) is 11.8 Å². The lowest BCUT2D eigenvalue weighted by molar-refractivity contribution is -0.115. The highest BCUT2D eigenvalue weighted by atomic mass is 32.2. The Morgan fingerprint density at radius 1 is 1.17 bits per heavy atom. The molecule has 2 aromatic carbocycles. The van der Waals surface area contributed by atoms with Gasteiger partial charge in [-0.25, -0.2) is 0 Å². The van der Waals surface area contributed by atoms with Gasteiger partial charge in [-0.3, -0.25) is 9.59 Å². The van der Waals surface area contributed by atoms with Crippen molar-refractivity contribution < 1.29 is 23.8 Å². The lowest BCUT2D eigenvalue weighted by Gasteiger charge is -2.11. The summed E-state index contributed by atoms with van der Waals surface area (Å²) < 4.78 is 10.8. The van der Waals surface area contributed by atoms with Gasteiger partial charge in [-0.1, -0.05) is 18.7 Å². The van der Waals surface area contributed by atoms with E-state index in [4.69, 9.17) is 9.15 Å². The third kappa shape index (κ3) is 5.14. The molecule has 29 heavy (non-hydrogen) atoms. The van der Waals surface area contributed by atoms with E-state index in [0.29, 0.717) is 34.9 Å². The van der Waals surface area contributed by atoms with Gasteiger partial charge in [0, 0.05) is 17.5 Å². The number of anilines is 1. The van der Waals surface area contributed by atoms with Gasteiger partial charge in [0.05, 0.1) is 18.6 Å². The zero-order valence-electron chi connectivity index (χ0n) is 15.8. The number of ether oxygens (including phenoxy) is 1. The molecule has 0 saturated carbocycles. The number of ketones is 1. The maximum atomic E-state index is 12.5. The Balaban J connectivity index is 1.65. The first-order valence-corrected chi connectivity index (χ1v) is 9.75. The number of carbonyl (C=O) groups excluding carboxylic acids is 2. The normalized spacial score (nSPS) is 10.6. The molecule has 1 heterocycles. The number of methoxy groups -OCH3 is 1. The summed E-state index contributed by atoms with van der Waals surface area (Å²) in [5, 5.41) is 20.2. The summed E-state index contributed by atoms with van der Waals surface area (Å²) in [5.41, 5.74) is 1.63. The first kappa shape index (κ1) is 20.4. The highest BCUT2D eigenvalue weighted by Crippen LogP contribution is 2.28. The van der Waals surface area contributed by atoms with Crippen molar-refractivity contribution in [3.05, 3.63) is 48.0 Å². The summed E-state index contributed by atoms with van der Waals surface area (Å²) in [5.74, 6) is 0.669. The number of nitrogens with one attached hydrogen (secondary N) is 1. The molecule has 0 radical (unpaired) electrons. The third-order valence-electron chi connectivity index (χ3n) is 3.97. The lowest BCUT2D eigenvalue weighted by atomic mass is 10.1. The molecular formula is C20H19N3O5S. The minimum absolute atomic E-state index is 0.0982. The van der Waals surface area contributed by atoms with Crippen LogP contribution in [0.1, 0.15) is 23.7 Å². The topological polar surface area (TPSA) is 115 Å². The Bertz CT molecular complexity index is 1020. The van der Waals surface area contributed by atoms with Crippen LogP contribution >= 0.6 is 11.8 Å². The highest BCUT2D eigenvalue weighted by molar-refractivity contribution is 7.99.